The van der Waals surface area contributed by atoms with Crippen molar-refractivity contribution in [3.8, 4) is 28.4 Å². The zero-order valence-electron chi connectivity index (χ0n) is 17.1. The summed E-state index contributed by atoms with van der Waals surface area (Å²) in [6.07, 6.45) is -4.48. The van der Waals surface area contributed by atoms with E-state index < -0.39 is 21.8 Å². The van der Waals surface area contributed by atoms with Crippen molar-refractivity contribution in [1.82, 2.24) is 4.72 Å². The summed E-state index contributed by atoms with van der Waals surface area (Å²) < 4.78 is 76.6. The average Bonchev–Trinajstić information content (AvgIpc) is 2.78. The smallest absolute Gasteiger partial charge is 0.416 e. The first-order valence-corrected chi connectivity index (χ1v) is 11.0. The molecule has 0 fully saturated rings. The summed E-state index contributed by atoms with van der Waals surface area (Å²) >= 11 is 0. The fourth-order valence-corrected chi connectivity index (χ4v) is 3.95. The number of carbonyl (C=O) groups is 1. The number of hydrogen-bond acceptors (Lipinski definition) is 5. The lowest BCUT2D eigenvalue weighted by atomic mass is 10.0. The Hall–Kier alpha value is -3.57. The van der Waals surface area contributed by atoms with Gasteiger partial charge in [-0.05, 0) is 67.2 Å². The number of nitrogens with one attached hydrogen (secondary N) is 2. The molecule has 3 aromatic rings. The zero-order chi connectivity index (χ0) is 23.8. The first kappa shape index (κ1) is 22.6. The Balaban J connectivity index is 1.77. The fraction of sp³-hybridized carbons (Fsp3) is 0.136. The third-order valence-electron chi connectivity index (χ3n) is 4.86. The molecular weight excluding hydrogens is 461 g/mol. The molecule has 1 amide bonds. The van der Waals surface area contributed by atoms with E-state index in [4.69, 9.17) is 9.47 Å². The number of carbonyl (C=O) groups excluding carboxylic acids is 1. The molecule has 1 aliphatic heterocycles. The summed E-state index contributed by atoms with van der Waals surface area (Å²) in [6.45, 7) is -0.167. The Morgan fingerprint density at radius 3 is 2.42 bits per heavy atom. The van der Waals surface area contributed by atoms with Gasteiger partial charge in [-0.25, -0.2) is 13.1 Å². The summed E-state index contributed by atoms with van der Waals surface area (Å²) in [5.74, 6) is 0.428. The lowest BCUT2D eigenvalue weighted by Crippen LogP contribution is -2.25. The van der Waals surface area contributed by atoms with E-state index in [1.54, 1.807) is 18.2 Å². The van der Waals surface area contributed by atoms with Crippen molar-refractivity contribution in [2.45, 2.75) is 11.1 Å². The maximum Gasteiger partial charge on any atom is 0.416 e. The number of amides is 1. The van der Waals surface area contributed by atoms with Crippen molar-refractivity contribution < 1.29 is 35.9 Å². The van der Waals surface area contributed by atoms with Crippen LogP contribution in [0.25, 0.3) is 11.1 Å². The van der Waals surface area contributed by atoms with Crippen LogP contribution in [0.5, 0.6) is 17.2 Å². The molecule has 0 spiro atoms. The number of halogens is 3. The van der Waals surface area contributed by atoms with Crippen LogP contribution in [0.15, 0.2) is 65.6 Å². The minimum absolute atomic E-state index is 0.0355. The molecule has 7 nitrogen and oxygen atoms in total. The van der Waals surface area contributed by atoms with Gasteiger partial charge in [0.1, 0.15) is 17.2 Å². The Labute approximate surface area is 187 Å². The number of hydrogen-bond donors (Lipinski definition) is 2. The van der Waals surface area contributed by atoms with Crippen molar-refractivity contribution in [2.75, 3.05) is 19.0 Å². The molecule has 0 saturated carbocycles. The molecule has 0 aromatic heterocycles. The molecule has 33 heavy (non-hydrogen) atoms. The highest BCUT2D eigenvalue weighted by Gasteiger charge is 2.30. The maximum absolute atomic E-state index is 12.8. The first-order chi connectivity index (χ1) is 15.6. The van der Waals surface area contributed by atoms with Crippen LogP contribution in [0.1, 0.15) is 5.56 Å². The molecule has 0 radical (unpaired) electrons. The van der Waals surface area contributed by atoms with E-state index in [-0.39, 0.29) is 28.9 Å². The quantitative estimate of drug-likeness (QED) is 0.567. The van der Waals surface area contributed by atoms with Gasteiger partial charge >= 0.3 is 6.18 Å². The Morgan fingerprint density at radius 1 is 1.03 bits per heavy atom. The Kier molecular flexibility index (Phi) is 5.76. The van der Waals surface area contributed by atoms with Gasteiger partial charge in [0.25, 0.3) is 5.91 Å². The van der Waals surface area contributed by atoms with E-state index in [1.807, 2.05) is 0 Å². The summed E-state index contributed by atoms with van der Waals surface area (Å²) in [5, 5.41) is 2.66. The van der Waals surface area contributed by atoms with Crippen molar-refractivity contribution in [2.24, 2.45) is 0 Å². The predicted molar refractivity (Wildman–Crippen MR) is 114 cm³/mol. The summed E-state index contributed by atoms with van der Waals surface area (Å²) in [7, 11) is -2.51. The van der Waals surface area contributed by atoms with Crippen LogP contribution in [0.2, 0.25) is 0 Å². The van der Waals surface area contributed by atoms with Gasteiger partial charge in [-0.1, -0.05) is 6.07 Å². The topological polar surface area (TPSA) is 93.7 Å². The fourth-order valence-electron chi connectivity index (χ4n) is 3.19. The van der Waals surface area contributed by atoms with Crippen molar-refractivity contribution >= 4 is 21.6 Å². The van der Waals surface area contributed by atoms with Crippen molar-refractivity contribution in [1.29, 1.82) is 0 Å². The van der Waals surface area contributed by atoms with Gasteiger partial charge in [0.15, 0.2) is 6.61 Å². The van der Waals surface area contributed by atoms with Crippen molar-refractivity contribution in [3.63, 3.8) is 0 Å². The predicted octanol–water partition coefficient (Wildman–Crippen LogP) is 4.40. The highest BCUT2D eigenvalue weighted by molar-refractivity contribution is 7.89. The molecule has 1 heterocycles. The van der Waals surface area contributed by atoms with Crippen LogP contribution in [-0.2, 0) is 21.0 Å². The highest BCUT2D eigenvalue weighted by atomic mass is 32.2. The van der Waals surface area contributed by atoms with Crippen LogP contribution in [0, 0.1) is 0 Å². The number of sulfonamides is 1. The highest BCUT2D eigenvalue weighted by Crippen LogP contribution is 2.40. The molecule has 1 aliphatic rings. The summed E-state index contributed by atoms with van der Waals surface area (Å²) in [5.41, 5.74) is 0.508. The molecule has 0 bridgehead atoms. The van der Waals surface area contributed by atoms with E-state index in [0.717, 1.165) is 12.1 Å². The molecule has 3 aromatic carbocycles. The molecule has 0 saturated heterocycles. The van der Waals surface area contributed by atoms with Crippen LogP contribution >= 0.6 is 0 Å². The number of alkyl halides is 3. The number of benzene rings is 3. The minimum Gasteiger partial charge on any atom is -0.482 e. The standard InChI is InChI=1S/C22H17F3N2O5S/c1-26-33(29,30)16-7-9-19(32-15-5-3-14(4-6-15)22(23,24)25)17(11-16)13-2-8-18-20(10-13)31-12-21(28)27-18/h2-11,26H,12H2,1H3,(H,27,28). The number of ether oxygens (including phenoxy) is 2. The van der Waals surface area contributed by atoms with Gasteiger partial charge in [-0.3, -0.25) is 4.79 Å². The normalized spacial score (nSPS) is 13.6. The van der Waals surface area contributed by atoms with Gasteiger partial charge in [0.05, 0.1) is 16.1 Å². The maximum atomic E-state index is 12.8. The van der Waals surface area contributed by atoms with E-state index in [0.29, 0.717) is 22.6 Å². The average molecular weight is 478 g/mol. The second kappa shape index (κ2) is 8.41. The molecule has 0 atom stereocenters. The second-order valence-electron chi connectivity index (χ2n) is 7.04. The summed E-state index contributed by atoms with van der Waals surface area (Å²) in [6, 6.07) is 13.1. The monoisotopic (exact) mass is 478 g/mol. The lowest BCUT2D eigenvalue weighted by molar-refractivity contribution is -0.137. The largest absolute Gasteiger partial charge is 0.482 e. The molecule has 0 aliphatic carbocycles. The lowest BCUT2D eigenvalue weighted by Gasteiger charge is -2.19. The zero-order valence-corrected chi connectivity index (χ0v) is 17.9. The molecule has 2 N–H and O–H groups in total. The molecule has 4 rings (SSSR count). The van der Waals surface area contributed by atoms with E-state index in [9.17, 15) is 26.4 Å². The Morgan fingerprint density at radius 2 is 1.76 bits per heavy atom. The van der Waals surface area contributed by atoms with E-state index >= 15 is 0 Å². The van der Waals surface area contributed by atoms with Gasteiger partial charge in [0.2, 0.25) is 10.0 Å². The second-order valence-corrected chi connectivity index (χ2v) is 8.92. The van der Waals surface area contributed by atoms with Gasteiger partial charge in [-0.15, -0.1) is 0 Å². The van der Waals surface area contributed by atoms with Gasteiger partial charge in [0, 0.05) is 5.56 Å². The summed E-state index contributed by atoms with van der Waals surface area (Å²) in [4.78, 5) is 11.5. The van der Waals surface area contributed by atoms with Crippen molar-refractivity contribution in [3.05, 3.63) is 66.2 Å². The van der Waals surface area contributed by atoms with Crippen LogP contribution in [-0.4, -0.2) is 28.0 Å². The third kappa shape index (κ3) is 4.78. The SMILES string of the molecule is CNS(=O)(=O)c1ccc(Oc2ccc(C(F)(F)F)cc2)c(-c2ccc3c(c2)OCC(=O)N3)c1. The Bertz CT molecular complexity index is 1320. The minimum atomic E-state index is -4.48. The number of anilines is 1. The number of fused-ring (bicyclic) bond motifs is 1. The first-order valence-electron chi connectivity index (χ1n) is 9.56. The molecule has 172 valence electrons. The van der Waals surface area contributed by atoms with Crippen LogP contribution in [0.4, 0.5) is 18.9 Å². The molecular formula is C22H17F3N2O5S. The molecule has 0 unspecified atom stereocenters. The van der Waals surface area contributed by atoms with Gasteiger partial charge in [-0.2, -0.15) is 13.2 Å². The van der Waals surface area contributed by atoms with E-state index in [1.165, 1.54) is 37.4 Å². The molecule has 11 heteroatoms. The number of rotatable bonds is 5. The van der Waals surface area contributed by atoms with Gasteiger partial charge < -0.3 is 14.8 Å². The third-order valence-corrected chi connectivity index (χ3v) is 6.28. The van der Waals surface area contributed by atoms with Crippen LogP contribution in [0.3, 0.4) is 0 Å². The van der Waals surface area contributed by atoms with Crippen LogP contribution < -0.4 is 19.5 Å². The van der Waals surface area contributed by atoms with E-state index in [2.05, 4.69) is 10.0 Å².